The zero-order chi connectivity index (χ0) is 11.1. The van der Waals surface area contributed by atoms with E-state index in [4.69, 9.17) is 0 Å². The molecule has 0 radical (unpaired) electrons. The van der Waals surface area contributed by atoms with Crippen molar-refractivity contribution in [3.63, 3.8) is 0 Å². The summed E-state index contributed by atoms with van der Waals surface area (Å²) in [6.45, 7) is 6.09. The van der Waals surface area contributed by atoms with Gasteiger partial charge in [-0.05, 0) is 33.4 Å². The van der Waals surface area contributed by atoms with Gasteiger partial charge in [-0.2, -0.15) is 0 Å². The number of Topliss-reactive ketones (excluding diaryl/α,β-unsaturated/α-hetero) is 1. The fraction of sp³-hybridized carbons (Fsp3) is 0.917. The molecular formula is C12H25NO. The Balaban J connectivity index is 4.34. The molecule has 0 aromatic rings. The highest BCUT2D eigenvalue weighted by Crippen LogP contribution is 2.20. The van der Waals surface area contributed by atoms with E-state index in [1.54, 1.807) is 6.92 Å². The molecule has 0 rings (SSSR count). The summed E-state index contributed by atoms with van der Waals surface area (Å²) in [4.78, 5) is 13.6. The zero-order valence-electron chi connectivity index (χ0n) is 10.3. The smallest absolute Gasteiger partial charge is 0.147 e. The van der Waals surface area contributed by atoms with Gasteiger partial charge in [0.05, 0.1) is 6.04 Å². The van der Waals surface area contributed by atoms with Crippen LogP contribution in [0.3, 0.4) is 0 Å². The van der Waals surface area contributed by atoms with Crippen molar-refractivity contribution in [2.75, 3.05) is 14.1 Å². The van der Waals surface area contributed by atoms with Gasteiger partial charge in [0.15, 0.2) is 0 Å². The molecule has 2 heteroatoms. The van der Waals surface area contributed by atoms with Crippen LogP contribution in [0.15, 0.2) is 0 Å². The van der Waals surface area contributed by atoms with Gasteiger partial charge in [-0.25, -0.2) is 0 Å². The maximum Gasteiger partial charge on any atom is 0.147 e. The van der Waals surface area contributed by atoms with Crippen molar-refractivity contribution in [1.29, 1.82) is 0 Å². The molecule has 84 valence electrons. The van der Waals surface area contributed by atoms with Crippen LogP contribution in [-0.4, -0.2) is 30.8 Å². The Kier molecular flexibility index (Phi) is 6.81. The number of rotatable bonds is 7. The van der Waals surface area contributed by atoms with Gasteiger partial charge in [-0.3, -0.25) is 9.69 Å². The maximum atomic E-state index is 11.5. The van der Waals surface area contributed by atoms with Crippen LogP contribution in [0.2, 0.25) is 0 Å². The Bertz CT molecular complexity index is 166. The van der Waals surface area contributed by atoms with E-state index in [0.29, 0.717) is 11.7 Å². The molecule has 0 aliphatic carbocycles. The topological polar surface area (TPSA) is 20.3 Å². The second kappa shape index (κ2) is 6.99. The third-order valence-corrected chi connectivity index (χ3v) is 2.87. The molecule has 0 spiro atoms. The van der Waals surface area contributed by atoms with E-state index >= 15 is 0 Å². The predicted molar refractivity (Wildman–Crippen MR) is 61.5 cm³/mol. The van der Waals surface area contributed by atoms with Crippen LogP contribution >= 0.6 is 0 Å². The van der Waals surface area contributed by atoms with Gasteiger partial charge >= 0.3 is 0 Å². The highest BCUT2D eigenvalue weighted by atomic mass is 16.1. The third-order valence-electron chi connectivity index (χ3n) is 2.87. The average molecular weight is 199 g/mol. The molecule has 0 fully saturated rings. The molecule has 0 saturated carbocycles. The number of hydrogen-bond donors (Lipinski definition) is 0. The van der Waals surface area contributed by atoms with Crippen molar-refractivity contribution in [1.82, 2.24) is 4.90 Å². The summed E-state index contributed by atoms with van der Waals surface area (Å²) in [6, 6.07) is 0.117. The Morgan fingerprint density at radius 1 is 1.29 bits per heavy atom. The van der Waals surface area contributed by atoms with Crippen molar-refractivity contribution in [2.24, 2.45) is 5.92 Å². The predicted octanol–water partition coefficient (Wildman–Crippen LogP) is 2.72. The minimum absolute atomic E-state index is 0.117. The van der Waals surface area contributed by atoms with E-state index in [2.05, 4.69) is 18.7 Å². The van der Waals surface area contributed by atoms with Gasteiger partial charge in [0.25, 0.3) is 0 Å². The summed E-state index contributed by atoms with van der Waals surface area (Å²) in [6.07, 6.45) is 4.72. The quantitative estimate of drug-likeness (QED) is 0.628. The number of unbranched alkanes of at least 4 members (excludes halogenated alkanes) is 1. The van der Waals surface area contributed by atoms with Gasteiger partial charge < -0.3 is 0 Å². The highest BCUT2D eigenvalue weighted by Gasteiger charge is 2.25. The fourth-order valence-corrected chi connectivity index (χ4v) is 2.17. The Morgan fingerprint density at radius 3 is 2.14 bits per heavy atom. The molecule has 0 N–H and O–H groups in total. The fourth-order valence-electron chi connectivity index (χ4n) is 2.17. The Labute approximate surface area is 88.7 Å². The zero-order valence-corrected chi connectivity index (χ0v) is 10.3. The van der Waals surface area contributed by atoms with Crippen LogP contribution in [0.25, 0.3) is 0 Å². The number of hydrogen-bond acceptors (Lipinski definition) is 2. The molecule has 2 nitrogen and oxygen atoms in total. The molecule has 2 atom stereocenters. The van der Waals surface area contributed by atoms with E-state index in [1.165, 1.54) is 19.3 Å². The first-order chi connectivity index (χ1) is 6.54. The lowest BCUT2D eigenvalue weighted by molar-refractivity contribution is -0.123. The molecule has 0 aromatic heterocycles. The molecule has 0 aliphatic heterocycles. The lowest BCUT2D eigenvalue weighted by atomic mass is 9.88. The molecule has 0 aromatic carbocycles. The number of likely N-dealkylation sites (N-methyl/N-ethyl adjacent to an activating group) is 1. The molecule has 2 unspecified atom stereocenters. The molecule has 0 saturated heterocycles. The minimum Gasteiger partial charge on any atom is -0.300 e. The summed E-state index contributed by atoms with van der Waals surface area (Å²) in [7, 11) is 4.00. The van der Waals surface area contributed by atoms with Gasteiger partial charge in [0, 0.05) is 0 Å². The van der Waals surface area contributed by atoms with Gasteiger partial charge in [0.1, 0.15) is 5.78 Å². The monoisotopic (exact) mass is 199 g/mol. The van der Waals surface area contributed by atoms with E-state index in [-0.39, 0.29) is 6.04 Å². The number of ketones is 1. The lowest BCUT2D eigenvalue weighted by Crippen LogP contribution is -2.40. The first kappa shape index (κ1) is 13.6. The maximum absolute atomic E-state index is 11.5. The number of carbonyl (C=O) groups excluding carboxylic acids is 1. The van der Waals surface area contributed by atoms with Crippen LogP contribution < -0.4 is 0 Å². The van der Waals surface area contributed by atoms with Gasteiger partial charge in [0.2, 0.25) is 0 Å². The van der Waals surface area contributed by atoms with E-state index in [9.17, 15) is 4.79 Å². The summed E-state index contributed by atoms with van der Waals surface area (Å²) < 4.78 is 0. The molecule has 14 heavy (non-hydrogen) atoms. The molecule has 0 bridgehead atoms. The van der Waals surface area contributed by atoms with Crippen LogP contribution in [0.4, 0.5) is 0 Å². The highest BCUT2D eigenvalue weighted by molar-refractivity contribution is 5.81. The molecular weight excluding hydrogens is 174 g/mol. The first-order valence-electron chi connectivity index (χ1n) is 5.71. The van der Waals surface area contributed by atoms with Crippen molar-refractivity contribution < 1.29 is 4.79 Å². The van der Waals surface area contributed by atoms with E-state index in [0.717, 1.165) is 6.42 Å². The summed E-state index contributed by atoms with van der Waals surface area (Å²) >= 11 is 0. The van der Waals surface area contributed by atoms with Gasteiger partial charge in [-0.15, -0.1) is 0 Å². The number of nitrogens with zero attached hydrogens (tertiary/aromatic N) is 1. The van der Waals surface area contributed by atoms with Crippen molar-refractivity contribution in [3.8, 4) is 0 Å². The molecule has 0 amide bonds. The Hall–Kier alpha value is -0.370. The van der Waals surface area contributed by atoms with Crippen molar-refractivity contribution >= 4 is 5.78 Å². The minimum atomic E-state index is 0.117. The normalized spacial score (nSPS) is 15.6. The van der Waals surface area contributed by atoms with Crippen LogP contribution in [-0.2, 0) is 4.79 Å². The van der Waals surface area contributed by atoms with Crippen LogP contribution in [0.1, 0.15) is 46.5 Å². The summed E-state index contributed by atoms with van der Waals surface area (Å²) in [5.74, 6) is 0.834. The van der Waals surface area contributed by atoms with Crippen molar-refractivity contribution in [2.45, 2.75) is 52.5 Å². The van der Waals surface area contributed by atoms with Crippen molar-refractivity contribution in [3.05, 3.63) is 0 Å². The van der Waals surface area contributed by atoms with E-state index < -0.39 is 0 Å². The second-order valence-corrected chi connectivity index (χ2v) is 4.33. The first-order valence-corrected chi connectivity index (χ1v) is 5.71. The SMILES string of the molecule is CCCCC(CC)C(C(C)=O)N(C)C. The average Bonchev–Trinajstić information content (AvgIpc) is 2.10. The summed E-state index contributed by atoms with van der Waals surface area (Å²) in [5, 5.41) is 0. The largest absolute Gasteiger partial charge is 0.300 e. The lowest BCUT2D eigenvalue weighted by Gasteiger charge is -2.29. The standard InChI is InChI=1S/C12H25NO/c1-6-8-9-11(7-2)12(10(3)14)13(4)5/h11-12H,6-9H2,1-5H3. The Morgan fingerprint density at radius 2 is 1.86 bits per heavy atom. The van der Waals surface area contributed by atoms with Crippen LogP contribution in [0, 0.1) is 5.92 Å². The molecule has 0 heterocycles. The van der Waals surface area contributed by atoms with E-state index in [1.807, 2.05) is 14.1 Å². The molecule has 0 aliphatic rings. The number of carbonyl (C=O) groups is 1. The summed E-state index contributed by atoms with van der Waals surface area (Å²) in [5.41, 5.74) is 0. The van der Waals surface area contributed by atoms with Crippen LogP contribution in [0.5, 0.6) is 0 Å². The van der Waals surface area contributed by atoms with Gasteiger partial charge in [-0.1, -0.05) is 33.1 Å². The third kappa shape index (κ3) is 4.23. The second-order valence-electron chi connectivity index (χ2n) is 4.33.